The minimum Gasteiger partial charge on any atom is -0.495 e. The first-order valence-electron chi connectivity index (χ1n) is 8.52. The number of nitrogens with one attached hydrogen (secondary N) is 1. The van der Waals surface area contributed by atoms with Crippen molar-refractivity contribution >= 4 is 60.5 Å². The Bertz CT molecular complexity index is 1240. The molecule has 8 nitrogen and oxygen atoms in total. The molecule has 0 aliphatic carbocycles. The van der Waals surface area contributed by atoms with Crippen LogP contribution in [0.15, 0.2) is 41.3 Å². The van der Waals surface area contributed by atoms with E-state index < -0.39 is 31.4 Å². The number of anilines is 2. The predicted octanol–water partition coefficient (Wildman–Crippen LogP) is 3.51. The lowest BCUT2D eigenvalue weighted by Gasteiger charge is -2.19. The molecule has 30 heavy (non-hydrogen) atoms. The largest absolute Gasteiger partial charge is 0.495 e. The first-order chi connectivity index (χ1) is 13.8. The van der Waals surface area contributed by atoms with E-state index in [1.807, 2.05) is 0 Å². The molecule has 0 saturated carbocycles. The van der Waals surface area contributed by atoms with E-state index in [9.17, 15) is 21.6 Å². The van der Waals surface area contributed by atoms with E-state index in [2.05, 4.69) is 4.72 Å². The average molecular weight is 493 g/mol. The molecule has 0 aromatic heterocycles. The number of hydrogen-bond acceptors (Lipinski definition) is 6. The van der Waals surface area contributed by atoms with Gasteiger partial charge in [-0.05, 0) is 44.2 Å². The molecular formula is C18H18Cl2N2O6S2. The molecule has 1 N–H and O–H groups in total. The van der Waals surface area contributed by atoms with Crippen LogP contribution in [-0.2, 0) is 24.8 Å². The minimum atomic E-state index is -4.28. The first-order valence-corrected chi connectivity index (χ1v) is 12.4. The number of nitrogens with zero attached hydrogens (tertiary/aromatic N) is 1. The van der Waals surface area contributed by atoms with Crippen LogP contribution in [0, 0.1) is 5.41 Å². The van der Waals surface area contributed by atoms with E-state index in [1.54, 1.807) is 0 Å². The number of halogens is 2. The second-order valence-electron chi connectivity index (χ2n) is 7.25. The summed E-state index contributed by atoms with van der Waals surface area (Å²) >= 11 is 12.0. The molecule has 0 radical (unpaired) electrons. The number of hydrogen-bond donors (Lipinski definition) is 1. The van der Waals surface area contributed by atoms with Crippen molar-refractivity contribution < 1.29 is 26.4 Å². The first kappa shape index (κ1) is 22.7. The third-order valence-corrected chi connectivity index (χ3v) is 8.68. The molecule has 0 atom stereocenters. The second kappa shape index (κ2) is 7.60. The molecule has 162 valence electrons. The monoisotopic (exact) mass is 492 g/mol. The highest BCUT2D eigenvalue weighted by Gasteiger charge is 2.50. The third kappa shape index (κ3) is 3.96. The zero-order valence-electron chi connectivity index (χ0n) is 16.1. The molecule has 1 aliphatic rings. The number of sulfonamides is 2. The smallest absolute Gasteiger partial charge is 0.265 e. The number of rotatable bonds is 5. The van der Waals surface area contributed by atoms with E-state index in [1.165, 1.54) is 51.3 Å². The van der Waals surface area contributed by atoms with Crippen LogP contribution >= 0.6 is 23.2 Å². The van der Waals surface area contributed by atoms with Crippen molar-refractivity contribution in [2.45, 2.75) is 18.7 Å². The van der Waals surface area contributed by atoms with Crippen LogP contribution in [0.2, 0.25) is 10.0 Å². The predicted molar refractivity (Wildman–Crippen MR) is 115 cm³/mol. The highest BCUT2D eigenvalue weighted by Crippen LogP contribution is 2.39. The van der Waals surface area contributed by atoms with Gasteiger partial charge in [0.1, 0.15) is 10.6 Å². The summed E-state index contributed by atoms with van der Waals surface area (Å²) in [6, 6.07) is 8.07. The summed E-state index contributed by atoms with van der Waals surface area (Å²) in [6.45, 7) is 3.02. The molecule has 2 aromatic rings. The van der Waals surface area contributed by atoms with Gasteiger partial charge in [-0.25, -0.2) is 21.1 Å². The Kier molecular flexibility index (Phi) is 5.74. The van der Waals surface area contributed by atoms with Crippen molar-refractivity contribution in [3.8, 4) is 5.75 Å². The van der Waals surface area contributed by atoms with Crippen LogP contribution in [0.1, 0.15) is 13.8 Å². The summed E-state index contributed by atoms with van der Waals surface area (Å²) in [6.07, 6.45) is 0. The topological polar surface area (TPSA) is 110 Å². The Morgan fingerprint density at radius 1 is 1.17 bits per heavy atom. The van der Waals surface area contributed by atoms with Gasteiger partial charge in [0.05, 0.1) is 39.7 Å². The van der Waals surface area contributed by atoms with Crippen molar-refractivity contribution in [1.29, 1.82) is 0 Å². The zero-order valence-corrected chi connectivity index (χ0v) is 19.3. The van der Waals surface area contributed by atoms with Gasteiger partial charge in [-0.15, -0.1) is 0 Å². The van der Waals surface area contributed by atoms with Crippen LogP contribution in [0.25, 0.3) is 0 Å². The van der Waals surface area contributed by atoms with Gasteiger partial charge in [0, 0.05) is 0 Å². The summed E-state index contributed by atoms with van der Waals surface area (Å²) in [7, 11) is -6.98. The zero-order chi connectivity index (χ0) is 22.5. The fourth-order valence-corrected chi connectivity index (χ4v) is 6.81. The van der Waals surface area contributed by atoms with Crippen molar-refractivity contribution in [2.75, 3.05) is 21.9 Å². The van der Waals surface area contributed by atoms with E-state index in [0.29, 0.717) is 4.31 Å². The average Bonchev–Trinajstić information content (AvgIpc) is 2.81. The van der Waals surface area contributed by atoms with Gasteiger partial charge in [0.15, 0.2) is 0 Å². The highest BCUT2D eigenvalue weighted by atomic mass is 35.5. The lowest BCUT2D eigenvalue weighted by Crippen LogP contribution is -2.33. The lowest BCUT2D eigenvalue weighted by atomic mass is 9.95. The van der Waals surface area contributed by atoms with Gasteiger partial charge in [-0.2, -0.15) is 0 Å². The molecule has 0 unspecified atom stereocenters. The number of ether oxygens (including phenoxy) is 1. The molecule has 2 aromatic carbocycles. The normalized spacial score (nSPS) is 17.8. The van der Waals surface area contributed by atoms with E-state index in [-0.39, 0.29) is 37.8 Å². The Hall–Kier alpha value is -2.01. The van der Waals surface area contributed by atoms with E-state index >= 15 is 0 Å². The standard InChI is InChI=1S/C18H18Cl2N2O6S2/c1-18(2)10-29(24,25)22(17(18)23)11-7-8-14(28-3)15(9-11)30(26,27)21-13-6-4-5-12(19)16(13)20/h4-9,21H,10H2,1-3H3. The van der Waals surface area contributed by atoms with Crippen molar-refractivity contribution in [1.82, 2.24) is 0 Å². The molecular weight excluding hydrogens is 475 g/mol. The van der Waals surface area contributed by atoms with Crippen molar-refractivity contribution in [3.05, 3.63) is 46.4 Å². The number of amides is 1. The maximum Gasteiger partial charge on any atom is 0.265 e. The van der Waals surface area contributed by atoms with Gasteiger partial charge in [-0.3, -0.25) is 9.52 Å². The molecule has 1 heterocycles. The second-order valence-corrected chi connectivity index (χ2v) is 11.5. The van der Waals surface area contributed by atoms with Crippen LogP contribution in [0.5, 0.6) is 5.75 Å². The SMILES string of the molecule is COc1ccc(N2C(=O)C(C)(C)CS2(=O)=O)cc1S(=O)(=O)Nc1cccc(Cl)c1Cl. The minimum absolute atomic E-state index is 0.00286. The molecule has 0 bridgehead atoms. The van der Waals surface area contributed by atoms with Gasteiger partial charge in [0.25, 0.3) is 10.0 Å². The van der Waals surface area contributed by atoms with E-state index in [4.69, 9.17) is 27.9 Å². The number of benzene rings is 2. The Morgan fingerprint density at radius 2 is 1.83 bits per heavy atom. The summed E-state index contributed by atoms with van der Waals surface area (Å²) in [5.74, 6) is -1.09. The van der Waals surface area contributed by atoms with Crippen molar-refractivity contribution in [2.24, 2.45) is 5.41 Å². The van der Waals surface area contributed by atoms with Crippen LogP contribution in [0.3, 0.4) is 0 Å². The fourth-order valence-electron chi connectivity index (χ4n) is 3.05. The molecule has 0 spiro atoms. The Labute approximate surface area is 184 Å². The third-order valence-electron chi connectivity index (χ3n) is 4.45. The molecule has 1 saturated heterocycles. The maximum absolute atomic E-state index is 13.0. The van der Waals surface area contributed by atoms with Crippen molar-refractivity contribution in [3.63, 3.8) is 0 Å². The summed E-state index contributed by atoms with van der Waals surface area (Å²) in [4.78, 5) is 12.3. The summed E-state index contributed by atoms with van der Waals surface area (Å²) < 4.78 is 59.2. The molecule has 1 amide bonds. The molecule has 1 aliphatic heterocycles. The summed E-state index contributed by atoms with van der Waals surface area (Å²) in [5, 5.41) is 0.144. The summed E-state index contributed by atoms with van der Waals surface area (Å²) in [5.41, 5.74) is -1.21. The lowest BCUT2D eigenvalue weighted by molar-refractivity contribution is -0.123. The molecule has 12 heteroatoms. The highest BCUT2D eigenvalue weighted by molar-refractivity contribution is 7.94. The Balaban J connectivity index is 2.12. The quantitative estimate of drug-likeness (QED) is 0.683. The Morgan fingerprint density at radius 3 is 2.40 bits per heavy atom. The maximum atomic E-state index is 13.0. The molecule has 3 rings (SSSR count). The van der Waals surface area contributed by atoms with Crippen LogP contribution in [-0.4, -0.2) is 35.6 Å². The fraction of sp³-hybridized carbons (Fsp3) is 0.278. The number of carbonyl (C=O) groups excluding carboxylic acids is 1. The molecule has 1 fully saturated rings. The number of carbonyl (C=O) groups is 1. The van der Waals surface area contributed by atoms with Gasteiger partial charge >= 0.3 is 0 Å². The van der Waals surface area contributed by atoms with Gasteiger partial charge in [0.2, 0.25) is 15.9 Å². The van der Waals surface area contributed by atoms with Gasteiger partial charge in [-0.1, -0.05) is 29.3 Å². The van der Waals surface area contributed by atoms with Crippen LogP contribution < -0.4 is 13.8 Å². The van der Waals surface area contributed by atoms with Crippen LogP contribution in [0.4, 0.5) is 11.4 Å². The van der Waals surface area contributed by atoms with E-state index in [0.717, 1.165) is 6.07 Å². The number of methoxy groups -OCH3 is 1. The van der Waals surface area contributed by atoms with Gasteiger partial charge < -0.3 is 4.74 Å².